The first-order chi connectivity index (χ1) is 14.9. The van der Waals surface area contributed by atoms with E-state index < -0.39 is 5.92 Å². The zero-order valence-corrected chi connectivity index (χ0v) is 17.6. The number of para-hydroxylation sites is 1. The van der Waals surface area contributed by atoms with Gasteiger partial charge < -0.3 is 20.0 Å². The van der Waals surface area contributed by atoms with E-state index in [1.54, 1.807) is 13.1 Å². The first-order valence-corrected chi connectivity index (χ1v) is 9.96. The van der Waals surface area contributed by atoms with Gasteiger partial charge in [-0.1, -0.05) is 41.4 Å². The van der Waals surface area contributed by atoms with Crippen molar-refractivity contribution in [3.63, 3.8) is 0 Å². The number of nitrogens with zero attached hydrogens (tertiary/aromatic N) is 3. The van der Waals surface area contributed by atoms with Crippen LogP contribution in [0.4, 0.5) is 0 Å². The van der Waals surface area contributed by atoms with Gasteiger partial charge in [0.25, 0.3) is 0 Å². The molecule has 0 spiro atoms. The summed E-state index contributed by atoms with van der Waals surface area (Å²) < 4.78 is 13.3. The van der Waals surface area contributed by atoms with Gasteiger partial charge in [-0.15, -0.1) is 0 Å². The van der Waals surface area contributed by atoms with Crippen LogP contribution >= 0.6 is 23.2 Å². The average Bonchev–Trinajstić information content (AvgIpc) is 3.31. The van der Waals surface area contributed by atoms with Gasteiger partial charge in [0.05, 0.1) is 16.5 Å². The van der Waals surface area contributed by atoms with Crippen LogP contribution in [0.3, 0.4) is 0 Å². The minimum atomic E-state index is -0.818. The van der Waals surface area contributed by atoms with E-state index >= 15 is 0 Å². The van der Waals surface area contributed by atoms with E-state index in [1.807, 2.05) is 30.3 Å². The number of phenolic OH excluding ortho intramolecular Hbond substituents is 1. The number of nitrogens with two attached hydrogens (primary N) is 1. The van der Waals surface area contributed by atoms with Gasteiger partial charge in [0, 0.05) is 23.0 Å². The molecule has 0 fully saturated rings. The summed E-state index contributed by atoms with van der Waals surface area (Å²) in [6, 6.07) is 14.5. The van der Waals surface area contributed by atoms with Crippen LogP contribution < -0.4 is 10.5 Å². The number of aromatic nitrogens is 2. The molecular weight excluding hydrogens is 439 g/mol. The van der Waals surface area contributed by atoms with Gasteiger partial charge in [0.2, 0.25) is 11.8 Å². The van der Waals surface area contributed by atoms with Crippen molar-refractivity contribution in [1.82, 2.24) is 9.78 Å². The fraction of sp³-hybridized carbons (Fsp3) is 0.0909. The Balaban J connectivity index is 1.82. The van der Waals surface area contributed by atoms with Gasteiger partial charge in [0.1, 0.15) is 28.7 Å². The third-order valence-electron chi connectivity index (χ3n) is 5.23. The van der Waals surface area contributed by atoms with Gasteiger partial charge in [-0.25, -0.2) is 4.68 Å². The predicted molar refractivity (Wildman–Crippen MR) is 116 cm³/mol. The van der Waals surface area contributed by atoms with Crippen LogP contribution in [0.15, 0.2) is 58.3 Å². The van der Waals surface area contributed by atoms with Crippen LogP contribution in [0.1, 0.15) is 17.0 Å². The van der Waals surface area contributed by atoms with Crippen molar-refractivity contribution in [1.29, 1.82) is 5.26 Å². The molecule has 7 nitrogen and oxygen atoms in total. The van der Waals surface area contributed by atoms with E-state index in [1.165, 1.54) is 10.7 Å². The molecule has 1 aliphatic heterocycles. The zero-order chi connectivity index (χ0) is 21.9. The molecule has 3 heterocycles. The molecule has 2 aromatic heterocycles. The topological polar surface area (TPSA) is 110 Å². The number of rotatable bonds is 2. The number of aryl methyl sites for hydroxylation is 1. The summed E-state index contributed by atoms with van der Waals surface area (Å²) in [5.41, 5.74) is 8.13. The fourth-order valence-electron chi connectivity index (χ4n) is 3.87. The van der Waals surface area contributed by atoms with Gasteiger partial charge in [-0.3, -0.25) is 0 Å². The third kappa shape index (κ3) is 2.92. The highest BCUT2D eigenvalue weighted by molar-refractivity contribution is 6.35. The second-order valence-corrected chi connectivity index (χ2v) is 7.93. The number of allylic oxidation sites excluding steroid dienone is 1. The van der Waals surface area contributed by atoms with Crippen LogP contribution in [0.2, 0.25) is 10.0 Å². The number of fused-ring (bicyclic) bond motifs is 2. The molecule has 1 atom stereocenters. The molecule has 0 saturated heterocycles. The van der Waals surface area contributed by atoms with E-state index in [4.69, 9.17) is 38.1 Å². The van der Waals surface area contributed by atoms with Crippen LogP contribution in [0, 0.1) is 11.3 Å². The number of phenols is 1. The lowest BCUT2D eigenvalue weighted by atomic mass is 9.83. The maximum Gasteiger partial charge on any atom is 0.224 e. The molecule has 1 aliphatic rings. The molecule has 2 aromatic carbocycles. The molecule has 0 bridgehead atoms. The summed E-state index contributed by atoms with van der Waals surface area (Å²) >= 11 is 12.4. The molecule has 4 aromatic rings. The Bertz CT molecular complexity index is 1410. The molecular formula is C22H14Cl2N4O3. The Morgan fingerprint density at radius 1 is 1.23 bits per heavy atom. The summed E-state index contributed by atoms with van der Waals surface area (Å²) in [6.07, 6.45) is 0. The molecule has 31 heavy (non-hydrogen) atoms. The molecule has 5 rings (SSSR count). The lowest BCUT2D eigenvalue weighted by Gasteiger charge is -2.25. The van der Waals surface area contributed by atoms with Crippen molar-refractivity contribution in [3.05, 3.63) is 75.1 Å². The Morgan fingerprint density at radius 2 is 2.00 bits per heavy atom. The largest absolute Gasteiger partial charge is 0.506 e. The number of halogens is 2. The van der Waals surface area contributed by atoms with Gasteiger partial charge in [-0.05, 0) is 24.3 Å². The van der Waals surface area contributed by atoms with E-state index in [0.29, 0.717) is 39.1 Å². The maximum atomic E-state index is 10.7. The van der Waals surface area contributed by atoms with Crippen LogP contribution in [0.5, 0.6) is 11.6 Å². The molecule has 0 radical (unpaired) electrons. The van der Waals surface area contributed by atoms with Crippen molar-refractivity contribution < 1.29 is 14.3 Å². The number of furan rings is 1. The molecule has 0 aliphatic carbocycles. The van der Waals surface area contributed by atoms with Crippen molar-refractivity contribution in [3.8, 4) is 29.2 Å². The van der Waals surface area contributed by atoms with Gasteiger partial charge >= 0.3 is 0 Å². The third-order valence-corrected chi connectivity index (χ3v) is 5.73. The maximum absolute atomic E-state index is 10.7. The summed E-state index contributed by atoms with van der Waals surface area (Å²) in [7, 11) is 1.69. The van der Waals surface area contributed by atoms with E-state index in [2.05, 4.69) is 11.2 Å². The Hall–Kier alpha value is -3.60. The Morgan fingerprint density at radius 3 is 2.74 bits per heavy atom. The molecule has 3 N–H and O–H groups in total. The second-order valence-electron chi connectivity index (χ2n) is 7.09. The van der Waals surface area contributed by atoms with Crippen LogP contribution in [-0.2, 0) is 7.05 Å². The van der Waals surface area contributed by atoms with Crippen molar-refractivity contribution in [2.75, 3.05) is 0 Å². The number of ether oxygens (including phenoxy) is 1. The lowest BCUT2D eigenvalue weighted by molar-refractivity contribution is 0.357. The first-order valence-electron chi connectivity index (χ1n) is 9.20. The number of benzene rings is 2. The summed E-state index contributed by atoms with van der Waals surface area (Å²) in [5.74, 6) is -0.301. The summed E-state index contributed by atoms with van der Waals surface area (Å²) in [4.78, 5) is 0. The monoisotopic (exact) mass is 452 g/mol. The first kappa shape index (κ1) is 19.4. The minimum absolute atomic E-state index is 0.0561. The number of aromatic hydroxyl groups is 1. The van der Waals surface area contributed by atoms with Crippen molar-refractivity contribution in [2.45, 2.75) is 5.92 Å². The molecule has 1 unspecified atom stereocenters. The molecule has 0 amide bonds. The van der Waals surface area contributed by atoms with Crippen molar-refractivity contribution >= 4 is 34.2 Å². The number of hydrogen-bond acceptors (Lipinski definition) is 6. The minimum Gasteiger partial charge on any atom is -0.506 e. The highest BCUT2D eigenvalue weighted by atomic mass is 35.5. The lowest BCUT2D eigenvalue weighted by Crippen LogP contribution is -2.22. The van der Waals surface area contributed by atoms with Crippen molar-refractivity contribution in [2.24, 2.45) is 12.8 Å². The molecule has 154 valence electrons. The van der Waals surface area contributed by atoms with Gasteiger partial charge in [0.15, 0.2) is 5.76 Å². The zero-order valence-electron chi connectivity index (χ0n) is 16.1. The van der Waals surface area contributed by atoms with E-state index in [9.17, 15) is 10.4 Å². The van der Waals surface area contributed by atoms with Gasteiger partial charge in [-0.2, -0.15) is 10.4 Å². The average molecular weight is 453 g/mol. The highest BCUT2D eigenvalue weighted by Gasteiger charge is 2.39. The quantitative estimate of drug-likeness (QED) is 0.439. The highest BCUT2D eigenvalue weighted by Crippen LogP contribution is 2.50. The van der Waals surface area contributed by atoms with Crippen LogP contribution in [-0.4, -0.2) is 14.9 Å². The second kappa shape index (κ2) is 6.98. The molecule has 9 heteroatoms. The standard InChI is InChI=1S/C22H14Cl2N4O3/c1-28-22-18(19(27-28)16-6-10-4-2-3-5-15(10)30-16)17(13(9-25)21(26)31-22)12-7-11(23)8-14(24)20(12)29/h2-8,17,29H,26H2,1H3. The number of nitriles is 1. The number of hydrogen-bond donors (Lipinski definition) is 2. The smallest absolute Gasteiger partial charge is 0.224 e. The fourth-order valence-corrected chi connectivity index (χ4v) is 4.38. The SMILES string of the molecule is Cn1nc(-c2cc3ccccc3o2)c2c1OC(N)=C(C#N)C2c1cc(Cl)cc(Cl)c1O. The normalized spacial score (nSPS) is 15.6. The Labute approximate surface area is 186 Å². The Kier molecular flexibility index (Phi) is 4.36. The predicted octanol–water partition coefficient (Wildman–Crippen LogP) is 5.06. The van der Waals surface area contributed by atoms with E-state index in [-0.39, 0.29) is 22.2 Å². The summed E-state index contributed by atoms with van der Waals surface area (Å²) in [5, 5.41) is 26.4. The van der Waals surface area contributed by atoms with Crippen LogP contribution in [0.25, 0.3) is 22.4 Å². The van der Waals surface area contributed by atoms with E-state index in [0.717, 1.165) is 5.39 Å². The molecule has 0 saturated carbocycles. The summed E-state index contributed by atoms with van der Waals surface area (Å²) in [6.45, 7) is 0.